The monoisotopic (exact) mass is 346 g/mol. The molecule has 1 aromatic heterocycles. The van der Waals surface area contributed by atoms with Gasteiger partial charge in [0.05, 0.1) is 11.0 Å². The lowest BCUT2D eigenvalue weighted by Gasteiger charge is -2.36. The van der Waals surface area contributed by atoms with Crippen molar-refractivity contribution in [2.75, 3.05) is 13.1 Å². The van der Waals surface area contributed by atoms with Gasteiger partial charge in [-0.25, -0.2) is 4.98 Å². The summed E-state index contributed by atoms with van der Waals surface area (Å²) >= 11 is 0. The van der Waals surface area contributed by atoms with Crippen LogP contribution in [0.25, 0.3) is 22.2 Å². The fraction of sp³-hybridized carbons (Fsp3) is 0.409. The third kappa shape index (κ3) is 2.74. The lowest BCUT2D eigenvalue weighted by atomic mass is 9.91. The van der Waals surface area contributed by atoms with Crippen LogP contribution < -0.4 is 5.73 Å². The topological polar surface area (TPSA) is 47.1 Å². The predicted molar refractivity (Wildman–Crippen MR) is 106 cm³/mol. The number of aromatic nitrogens is 2. The van der Waals surface area contributed by atoms with Crippen LogP contribution in [0, 0.1) is 0 Å². The second-order valence-electron chi connectivity index (χ2n) is 7.65. The number of nitrogens with zero attached hydrogens (tertiary/aromatic N) is 3. The average Bonchev–Trinajstić information content (AvgIpc) is 2.86. The van der Waals surface area contributed by atoms with Crippen LogP contribution in [0.4, 0.5) is 0 Å². The molecule has 0 bridgehead atoms. The summed E-state index contributed by atoms with van der Waals surface area (Å²) in [6.45, 7) is 3.96. The number of benzene rings is 2. The van der Waals surface area contributed by atoms with Crippen molar-refractivity contribution in [2.45, 2.75) is 44.8 Å². The van der Waals surface area contributed by atoms with E-state index in [4.69, 9.17) is 10.7 Å². The predicted octanol–water partition coefficient (Wildman–Crippen LogP) is 3.57. The largest absolute Gasteiger partial charge is 0.327 e. The number of nitrogens with two attached hydrogens (primary N) is 1. The van der Waals surface area contributed by atoms with E-state index in [0.717, 1.165) is 37.6 Å². The summed E-state index contributed by atoms with van der Waals surface area (Å²) in [4.78, 5) is 7.67. The van der Waals surface area contributed by atoms with Gasteiger partial charge in [-0.3, -0.25) is 4.90 Å². The standard InChI is InChI=1S/C22H26N4/c23-15-16-4-6-17(7-5-16)18-8-9-21-20(14-18)24-22-10-11-25(12-13-26(21)22)19-2-1-3-19/h4-9,14,19H,1-3,10-13,15,23H2. The minimum absolute atomic E-state index is 0.588. The summed E-state index contributed by atoms with van der Waals surface area (Å²) in [5.41, 5.74) is 11.7. The van der Waals surface area contributed by atoms with E-state index in [9.17, 15) is 0 Å². The van der Waals surface area contributed by atoms with E-state index in [1.807, 2.05) is 0 Å². The Bertz CT molecular complexity index is 921. The van der Waals surface area contributed by atoms with Gasteiger partial charge in [-0.1, -0.05) is 36.8 Å². The fourth-order valence-electron chi connectivity index (χ4n) is 4.33. The maximum absolute atomic E-state index is 5.71. The fourth-order valence-corrected chi connectivity index (χ4v) is 4.33. The smallest absolute Gasteiger partial charge is 0.111 e. The zero-order valence-electron chi connectivity index (χ0n) is 15.2. The van der Waals surface area contributed by atoms with E-state index in [-0.39, 0.29) is 0 Å². The van der Waals surface area contributed by atoms with Crippen LogP contribution in [0.5, 0.6) is 0 Å². The van der Waals surface area contributed by atoms with Gasteiger partial charge < -0.3 is 10.3 Å². The van der Waals surface area contributed by atoms with E-state index in [0.29, 0.717) is 6.54 Å². The van der Waals surface area contributed by atoms with Gasteiger partial charge in [0.15, 0.2) is 0 Å². The molecule has 0 amide bonds. The second-order valence-corrected chi connectivity index (χ2v) is 7.65. The molecule has 0 atom stereocenters. The Labute approximate surface area is 154 Å². The lowest BCUT2D eigenvalue weighted by molar-refractivity contribution is 0.130. The Hall–Kier alpha value is -2.17. The minimum atomic E-state index is 0.588. The molecule has 0 saturated heterocycles. The quantitative estimate of drug-likeness (QED) is 0.789. The van der Waals surface area contributed by atoms with Crippen LogP contribution in [-0.2, 0) is 19.5 Å². The number of rotatable bonds is 3. The number of hydrogen-bond donors (Lipinski definition) is 1. The zero-order chi connectivity index (χ0) is 17.5. The van der Waals surface area contributed by atoms with Crippen molar-refractivity contribution in [3.8, 4) is 11.1 Å². The SMILES string of the molecule is NCc1ccc(-c2ccc3c(c2)nc2n3CCN(C3CCC3)CC2)cc1. The summed E-state index contributed by atoms with van der Waals surface area (Å²) in [6, 6.07) is 16.1. The van der Waals surface area contributed by atoms with Gasteiger partial charge in [0.25, 0.3) is 0 Å². The van der Waals surface area contributed by atoms with Crippen molar-refractivity contribution in [1.82, 2.24) is 14.5 Å². The highest BCUT2D eigenvalue weighted by molar-refractivity contribution is 5.82. The van der Waals surface area contributed by atoms with Crippen LogP contribution in [0.2, 0.25) is 0 Å². The summed E-state index contributed by atoms with van der Waals surface area (Å²) in [6.07, 6.45) is 5.24. The Kier molecular flexibility index (Phi) is 4.03. The van der Waals surface area contributed by atoms with Gasteiger partial charge in [-0.15, -0.1) is 0 Å². The van der Waals surface area contributed by atoms with Crippen molar-refractivity contribution < 1.29 is 0 Å². The molecule has 134 valence electrons. The van der Waals surface area contributed by atoms with Crippen LogP contribution in [0.3, 0.4) is 0 Å². The van der Waals surface area contributed by atoms with E-state index in [2.05, 4.69) is 51.9 Å². The average molecular weight is 346 g/mol. The van der Waals surface area contributed by atoms with E-state index >= 15 is 0 Å². The molecule has 1 aliphatic carbocycles. The van der Waals surface area contributed by atoms with Gasteiger partial charge in [0, 0.05) is 38.6 Å². The van der Waals surface area contributed by atoms with Gasteiger partial charge in [0.1, 0.15) is 5.82 Å². The van der Waals surface area contributed by atoms with E-state index < -0.39 is 0 Å². The van der Waals surface area contributed by atoms with Gasteiger partial charge >= 0.3 is 0 Å². The van der Waals surface area contributed by atoms with Crippen LogP contribution in [0.15, 0.2) is 42.5 Å². The first-order valence-corrected chi connectivity index (χ1v) is 9.84. The molecule has 3 aromatic rings. The first kappa shape index (κ1) is 16.0. The van der Waals surface area contributed by atoms with Crippen molar-refractivity contribution in [1.29, 1.82) is 0 Å². The van der Waals surface area contributed by atoms with Crippen molar-refractivity contribution in [3.63, 3.8) is 0 Å². The Morgan fingerprint density at radius 1 is 0.962 bits per heavy atom. The molecule has 2 aliphatic rings. The number of imidazole rings is 1. The molecule has 26 heavy (non-hydrogen) atoms. The van der Waals surface area contributed by atoms with Crippen LogP contribution >= 0.6 is 0 Å². The highest BCUT2D eigenvalue weighted by Gasteiger charge is 2.27. The first-order valence-electron chi connectivity index (χ1n) is 9.84. The molecular formula is C22H26N4. The summed E-state index contributed by atoms with van der Waals surface area (Å²) < 4.78 is 2.44. The molecule has 4 nitrogen and oxygen atoms in total. The molecule has 0 unspecified atom stereocenters. The number of hydrogen-bond acceptors (Lipinski definition) is 3. The third-order valence-corrected chi connectivity index (χ3v) is 6.17. The summed E-state index contributed by atoms with van der Waals surface area (Å²) in [7, 11) is 0. The van der Waals surface area contributed by atoms with Gasteiger partial charge in [-0.2, -0.15) is 0 Å². The minimum Gasteiger partial charge on any atom is -0.327 e. The Morgan fingerprint density at radius 3 is 2.50 bits per heavy atom. The highest BCUT2D eigenvalue weighted by atomic mass is 15.2. The van der Waals surface area contributed by atoms with Crippen LogP contribution in [0.1, 0.15) is 30.7 Å². The first-order chi connectivity index (χ1) is 12.8. The van der Waals surface area contributed by atoms with Crippen molar-refractivity contribution >= 4 is 11.0 Å². The molecule has 1 fully saturated rings. The molecule has 1 saturated carbocycles. The molecular weight excluding hydrogens is 320 g/mol. The molecule has 1 aliphatic heterocycles. The van der Waals surface area contributed by atoms with Gasteiger partial charge in [0.2, 0.25) is 0 Å². The molecule has 2 heterocycles. The molecule has 0 spiro atoms. The second kappa shape index (κ2) is 6.53. The highest BCUT2D eigenvalue weighted by Crippen LogP contribution is 2.29. The normalized spacial score (nSPS) is 18.5. The third-order valence-electron chi connectivity index (χ3n) is 6.17. The molecule has 2 N–H and O–H groups in total. The zero-order valence-corrected chi connectivity index (χ0v) is 15.2. The summed E-state index contributed by atoms with van der Waals surface area (Å²) in [5, 5.41) is 0. The van der Waals surface area contributed by atoms with Gasteiger partial charge in [-0.05, 0) is 41.7 Å². The van der Waals surface area contributed by atoms with Crippen molar-refractivity contribution in [2.24, 2.45) is 5.73 Å². The summed E-state index contributed by atoms with van der Waals surface area (Å²) in [5.74, 6) is 1.25. The lowest BCUT2D eigenvalue weighted by Crippen LogP contribution is -2.41. The molecule has 4 heteroatoms. The Balaban J connectivity index is 1.44. The molecule has 0 radical (unpaired) electrons. The molecule has 5 rings (SSSR count). The maximum atomic E-state index is 5.71. The number of fused-ring (bicyclic) bond motifs is 3. The van der Waals surface area contributed by atoms with E-state index in [1.54, 1.807) is 0 Å². The Morgan fingerprint density at radius 2 is 1.77 bits per heavy atom. The van der Waals surface area contributed by atoms with E-state index in [1.165, 1.54) is 47.3 Å². The maximum Gasteiger partial charge on any atom is 0.111 e. The molecule has 2 aromatic carbocycles. The van der Waals surface area contributed by atoms with Crippen molar-refractivity contribution in [3.05, 3.63) is 53.9 Å². The van der Waals surface area contributed by atoms with Crippen LogP contribution in [-0.4, -0.2) is 33.6 Å².